The summed E-state index contributed by atoms with van der Waals surface area (Å²) in [5.74, 6) is -0.0202. The van der Waals surface area contributed by atoms with Crippen molar-refractivity contribution < 1.29 is 19.4 Å². The van der Waals surface area contributed by atoms with Gasteiger partial charge in [0.15, 0.2) is 17.2 Å². The Labute approximate surface area is 118 Å². The molecule has 2 heterocycles. The fraction of sp³-hybridized carbons (Fsp3) is 0.0769. The van der Waals surface area contributed by atoms with Gasteiger partial charge < -0.3 is 20.3 Å². The Morgan fingerprint density at radius 2 is 2.05 bits per heavy atom. The van der Waals surface area contributed by atoms with Crippen LogP contribution < -0.4 is 15.2 Å². The zero-order valence-electron chi connectivity index (χ0n) is 10.1. The van der Waals surface area contributed by atoms with E-state index in [1.165, 1.54) is 6.07 Å². The first kappa shape index (κ1) is 12.6. The lowest BCUT2D eigenvalue weighted by Gasteiger charge is -2.07. The molecule has 1 aliphatic heterocycles. The molecule has 0 saturated heterocycles. The van der Waals surface area contributed by atoms with Gasteiger partial charge in [0.2, 0.25) is 6.79 Å². The number of nitrogen functional groups attached to an aromatic ring is 1. The molecule has 0 bridgehead atoms. The lowest BCUT2D eigenvalue weighted by atomic mass is 10.1. The smallest absolute Gasteiger partial charge is 0.356 e. The zero-order valence-corrected chi connectivity index (χ0v) is 10.8. The second-order valence-electron chi connectivity index (χ2n) is 4.13. The number of halogens is 1. The van der Waals surface area contributed by atoms with Gasteiger partial charge in [0, 0.05) is 5.56 Å². The fourth-order valence-electron chi connectivity index (χ4n) is 1.89. The van der Waals surface area contributed by atoms with Crippen LogP contribution >= 0.6 is 11.6 Å². The highest BCUT2D eigenvalue weighted by molar-refractivity contribution is 6.35. The van der Waals surface area contributed by atoms with E-state index in [2.05, 4.69) is 4.98 Å². The highest BCUT2D eigenvalue weighted by atomic mass is 35.5. The van der Waals surface area contributed by atoms with E-state index in [9.17, 15) is 4.79 Å². The molecule has 0 aliphatic carbocycles. The minimum atomic E-state index is -1.23. The highest BCUT2D eigenvalue weighted by Crippen LogP contribution is 2.36. The average molecular weight is 293 g/mol. The van der Waals surface area contributed by atoms with E-state index in [1.54, 1.807) is 18.2 Å². The maximum absolute atomic E-state index is 11.1. The van der Waals surface area contributed by atoms with Crippen molar-refractivity contribution >= 4 is 23.3 Å². The van der Waals surface area contributed by atoms with Gasteiger partial charge in [0.05, 0.1) is 16.4 Å². The van der Waals surface area contributed by atoms with E-state index in [-0.39, 0.29) is 23.2 Å². The van der Waals surface area contributed by atoms with Gasteiger partial charge in [-0.25, -0.2) is 9.78 Å². The predicted molar refractivity (Wildman–Crippen MR) is 72.2 cm³/mol. The quantitative estimate of drug-likeness (QED) is 0.882. The molecule has 0 fully saturated rings. The molecule has 0 spiro atoms. The van der Waals surface area contributed by atoms with Crippen LogP contribution in [0.4, 0.5) is 5.69 Å². The third-order valence-corrected chi connectivity index (χ3v) is 3.25. The van der Waals surface area contributed by atoms with Gasteiger partial charge in [-0.3, -0.25) is 0 Å². The van der Waals surface area contributed by atoms with Gasteiger partial charge in [-0.2, -0.15) is 0 Å². The molecule has 0 atom stereocenters. The molecule has 3 N–H and O–H groups in total. The number of pyridine rings is 1. The van der Waals surface area contributed by atoms with Crippen molar-refractivity contribution in [2.24, 2.45) is 0 Å². The van der Waals surface area contributed by atoms with Crippen LogP contribution in [0, 0.1) is 0 Å². The number of fused-ring (bicyclic) bond motifs is 1. The second kappa shape index (κ2) is 4.57. The van der Waals surface area contributed by atoms with E-state index in [0.717, 1.165) is 0 Å². The molecule has 102 valence electrons. The molecule has 1 aromatic carbocycles. The first-order valence-electron chi connectivity index (χ1n) is 5.65. The number of ether oxygens (including phenoxy) is 2. The molecular formula is C13H9ClN2O4. The summed E-state index contributed by atoms with van der Waals surface area (Å²) in [6, 6.07) is 6.70. The fourth-order valence-corrected chi connectivity index (χ4v) is 2.07. The van der Waals surface area contributed by atoms with Crippen molar-refractivity contribution in [2.75, 3.05) is 12.5 Å². The average Bonchev–Trinajstić information content (AvgIpc) is 2.88. The highest BCUT2D eigenvalue weighted by Gasteiger charge is 2.18. The lowest BCUT2D eigenvalue weighted by Crippen LogP contribution is -2.05. The van der Waals surface area contributed by atoms with E-state index < -0.39 is 5.97 Å². The number of aromatic nitrogens is 1. The standard InChI is InChI=1S/C13H9ClN2O4/c14-11-7(15)4-8(16-12(11)13(17)18)6-1-2-9-10(3-6)20-5-19-9/h1-4H,5H2,(H2,15,16)(H,17,18). The summed E-state index contributed by atoms with van der Waals surface area (Å²) >= 11 is 5.83. The summed E-state index contributed by atoms with van der Waals surface area (Å²) in [6.07, 6.45) is 0. The number of aromatic carboxylic acids is 1. The summed E-state index contributed by atoms with van der Waals surface area (Å²) in [4.78, 5) is 15.1. The van der Waals surface area contributed by atoms with Crippen LogP contribution in [0.2, 0.25) is 5.02 Å². The van der Waals surface area contributed by atoms with Crippen molar-refractivity contribution in [1.29, 1.82) is 0 Å². The van der Waals surface area contributed by atoms with Crippen LogP contribution in [-0.4, -0.2) is 22.9 Å². The molecule has 1 aromatic heterocycles. The Bertz CT molecular complexity index is 718. The Kier molecular flexibility index (Phi) is 2.87. The number of carboxylic acids is 1. The van der Waals surface area contributed by atoms with Gasteiger partial charge in [0.1, 0.15) is 0 Å². The molecular weight excluding hydrogens is 284 g/mol. The van der Waals surface area contributed by atoms with Crippen LogP contribution in [0.25, 0.3) is 11.3 Å². The summed E-state index contributed by atoms with van der Waals surface area (Å²) in [5.41, 5.74) is 6.67. The lowest BCUT2D eigenvalue weighted by molar-refractivity contribution is 0.0691. The normalized spacial score (nSPS) is 12.4. The minimum Gasteiger partial charge on any atom is -0.476 e. The number of rotatable bonds is 2. The first-order valence-corrected chi connectivity index (χ1v) is 6.03. The summed E-state index contributed by atoms with van der Waals surface area (Å²) < 4.78 is 10.5. The number of benzene rings is 1. The van der Waals surface area contributed by atoms with Crippen molar-refractivity contribution in [1.82, 2.24) is 4.98 Å². The summed E-state index contributed by atoms with van der Waals surface area (Å²) in [5, 5.41) is 9.00. The molecule has 0 amide bonds. The molecule has 7 heteroatoms. The van der Waals surface area contributed by atoms with Gasteiger partial charge in [-0.05, 0) is 24.3 Å². The Morgan fingerprint density at radius 3 is 2.80 bits per heavy atom. The maximum Gasteiger partial charge on any atom is 0.356 e. The monoisotopic (exact) mass is 292 g/mol. The zero-order chi connectivity index (χ0) is 14.3. The number of anilines is 1. The molecule has 0 saturated carbocycles. The maximum atomic E-state index is 11.1. The van der Waals surface area contributed by atoms with Gasteiger partial charge in [0.25, 0.3) is 0 Å². The summed E-state index contributed by atoms with van der Waals surface area (Å²) in [6.45, 7) is 0.162. The largest absolute Gasteiger partial charge is 0.476 e. The third-order valence-electron chi connectivity index (χ3n) is 2.86. The van der Waals surface area contributed by atoms with Gasteiger partial charge in [-0.1, -0.05) is 11.6 Å². The van der Waals surface area contributed by atoms with Crippen molar-refractivity contribution in [3.05, 3.63) is 35.0 Å². The van der Waals surface area contributed by atoms with Crippen LogP contribution in [0.3, 0.4) is 0 Å². The minimum absolute atomic E-state index is 0.0676. The Hall–Kier alpha value is -2.47. The van der Waals surface area contributed by atoms with E-state index in [0.29, 0.717) is 22.8 Å². The molecule has 3 rings (SSSR count). The Morgan fingerprint density at radius 1 is 1.30 bits per heavy atom. The molecule has 2 aromatic rings. The number of nitrogens with two attached hydrogens (primary N) is 1. The second-order valence-corrected chi connectivity index (χ2v) is 4.51. The number of hydrogen-bond acceptors (Lipinski definition) is 5. The first-order chi connectivity index (χ1) is 9.56. The SMILES string of the molecule is Nc1cc(-c2ccc3c(c2)OCO3)nc(C(=O)O)c1Cl. The van der Waals surface area contributed by atoms with Gasteiger partial charge >= 0.3 is 5.97 Å². The topological polar surface area (TPSA) is 94.7 Å². The number of nitrogens with zero attached hydrogens (tertiary/aromatic N) is 1. The number of carbonyl (C=O) groups is 1. The van der Waals surface area contributed by atoms with E-state index in [1.807, 2.05) is 0 Å². The van der Waals surface area contributed by atoms with E-state index in [4.69, 9.17) is 31.9 Å². The third kappa shape index (κ3) is 2.00. The molecule has 1 aliphatic rings. The predicted octanol–water partition coefficient (Wildman–Crippen LogP) is 2.41. The van der Waals surface area contributed by atoms with Crippen LogP contribution in [0.5, 0.6) is 11.5 Å². The van der Waals surface area contributed by atoms with Crippen LogP contribution in [0.1, 0.15) is 10.5 Å². The van der Waals surface area contributed by atoms with Crippen LogP contribution in [-0.2, 0) is 0 Å². The number of hydrogen-bond donors (Lipinski definition) is 2. The van der Waals surface area contributed by atoms with Crippen LogP contribution in [0.15, 0.2) is 24.3 Å². The molecule has 6 nitrogen and oxygen atoms in total. The van der Waals surface area contributed by atoms with Crippen molar-refractivity contribution in [3.63, 3.8) is 0 Å². The molecule has 20 heavy (non-hydrogen) atoms. The van der Waals surface area contributed by atoms with Crippen molar-refractivity contribution in [3.8, 4) is 22.8 Å². The Balaban J connectivity index is 2.13. The van der Waals surface area contributed by atoms with Crippen molar-refractivity contribution in [2.45, 2.75) is 0 Å². The molecule has 0 unspecified atom stereocenters. The summed E-state index contributed by atoms with van der Waals surface area (Å²) in [7, 11) is 0. The van der Waals surface area contributed by atoms with Gasteiger partial charge in [-0.15, -0.1) is 0 Å². The molecule has 0 radical (unpaired) electrons. The van der Waals surface area contributed by atoms with E-state index >= 15 is 0 Å². The number of carboxylic acid groups (broad SMARTS) is 1.